The van der Waals surface area contributed by atoms with Crippen LogP contribution in [0, 0.1) is 6.92 Å². The Bertz CT molecular complexity index is 1180. The number of carbonyl (C=O) groups excluding carboxylic acids is 1. The van der Waals surface area contributed by atoms with E-state index in [1.807, 2.05) is 0 Å². The van der Waals surface area contributed by atoms with Crippen molar-refractivity contribution in [3.05, 3.63) is 82.2 Å². The number of rotatable bonds is 8. The molecule has 7 heteroatoms. The van der Waals surface area contributed by atoms with Crippen LogP contribution >= 0.6 is 11.8 Å². The van der Waals surface area contributed by atoms with Crippen LogP contribution in [0.4, 0.5) is 0 Å². The van der Waals surface area contributed by atoms with Gasteiger partial charge in [0.05, 0.1) is 17.0 Å². The molecule has 6 nitrogen and oxygen atoms in total. The van der Waals surface area contributed by atoms with Crippen LogP contribution in [0.25, 0.3) is 10.9 Å². The Balaban J connectivity index is 1.60. The van der Waals surface area contributed by atoms with Crippen LogP contribution in [0.2, 0.25) is 0 Å². The fourth-order valence-electron chi connectivity index (χ4n) is 3.69. The lowest BCUT2D eigenvalue weighted by Gasteiger charge is -2.13. The monoisotopic (exact) mass is 449 g/mol. The number of hydrogen-bond acceptors (Lipinski definition) is 5. The molecule has 2 aromatic carbocycles. The van der Waals surface area contributed by atoms with Gasteiger partial charge < -0.3 is 10.1 Å². The summed E-state index contributed by atoms with van der Waals surface area (Å²) in [6.45, 7) is 7.45. The van der Waals surface area contributed by atoms with E-state index in [0.717, 1.165) is 25.0 Å². The van der Waals surface area contributed by atoms with Gasteiger partial charge in [0.1, 0.15) is 0 Å². The molecule has 4 rings (SSSR count). The molecule has 32 heavy (non-hydrogen) atoms. The van der Waals surface area contributed by atoms with Crippen molar-refractivity contribution in [3.63, 3.8) is 0 Å². The second-order valence-electron chi connectivity index (χ2n) is 7.95. The maximum absolute atomic E-state index is 13.1. The molecule has 0 aliphatic carbocycles. The van der Waals surface area contributed by atoms with E-state index in [1.54, 1.807) is 28.8 Å². The molecule has 3 aromatic rings. The van der Waals surface area contributed by atoms with Crippen LogP contribution in [0.3, 0.4) is 0 Å². The number of aryl methyl sites for hydroxylation is 1. The lowest BCUT2D eigenvalue weighted by atomic mass is 10.1. The van der Waals surface area contributed by atoms with Crippen LogP contribution in [0.5, 0.6) is 0 Å². The molecule has 0 radical (unpaired) electrons. The lowest BCUT2D eigenvalue weighted by molar-refractivity contribution is 0.0858. The number of nitrogens with zero attached hydrogens (tertiary/aromatic N) is 2. The number of benzene rings is 2. The van der Waals surface area contributed by atoms with Gasteiger partial charge in [-0.2, -0.15) is 0 Å². The topological polar surface area (TPSA) is 73.2 Å². The molecule has 1 saturated heterocycles. The van der Waals surface area contributed by atoms with E-state index < -0.39 is 0 Å². The van der Waals surface area contributed by atoms with E-state index in [2.05, 4.69) is 43.1 Å². The van der Waals surface area contributed by atoms with Crippen molar-refractivity contribution in [1.29, 1.82) is 0 Å². The van der Waals surface area contributed by atoms with E-state index in [9.17, 15) is 9.59 Å². The number of nitrogens with one attached hydrogen (secondary N) is 1. The Labute approximate surface area is 191 Å². The van der Waals surface area contributed by atoms with Crippen LogP contribution in [-0.2, 0) is 17.0 Å². The molecular formula is C25H27N3O3S. The standard InChI is InChI=1S/C25H27N3O3S/c1-3-12-28-24(30)21-11-10-19(23(29)26-15-20-5-4-13-31-20)14-22(21)27-25(28)32-16-18-8-6-17(2)7-9-18/h3,6-11,14,20H,1,4-5,12-13,15-16H2,2H3,(H,26,29)/t20-/m1/s1. The molecule has 0 saturated carbocycles. The maximum atomic E-state index is 13.1. The predicted molar refractivity (Wildman–Crippen MR) is 128 cm³/mol. The zero-order valence-corrected chi connectivity index (χ0v) is 19.0. The normalized spacial score (nSPS) is 15.7. The maximum Gasteiger partial charge on any atom is 0.262 e. The van der Waals surface area contributed by atoms with Gasteiger partial charge in [0.2, 0.25) is 0 Å². The molecule has 1 amide bonds. The van der Waals surface area contributed by atoms with Crippen LogP contribution in [-0.4, -0.2) is 34.7 Å². The van der Waals surface area contributed by atoms with E-state index in [0.29, 0.717) is 40.5 Å². The summed E-state index contributed by atoms with van der Waals surface area (Å²) in [5, 5.41) is 4.02. The van der Waals surface area contributed by atoms with Crippen LogP contribution < -0.4 is 10.9 Å². The molecular weight excluding hydrogens is 422 g/mol. The largest absolute Gasteiger partial charge is 0.376 e. The Morgan fingerprint density at radius 2 is 2.12 bits per heavy atom. The third-order valence-electron chi connectivity index (χ3n) is 5.50. The van der Waals surface area contributed by atoms with Gasteiger partial charge in [0, 0.05) is 31.0 Å². The second-order valence-corrected chi connectivity index (χ2v) is 8.89. The summed E-state index contributed by atoms with van der Waals surface area (Å²) >= 11 is 1.50. The molecule has 1 fully saturated rings. The minimum absolute atomic E-state index is 0.0772. The number of hydrogen-bond donors (Lipinski definition) is 1. The minimum atomic E-state index is -0.187. The second kappa shape index (κ2) is 10.1. The highest BCUT2D eigenvalue weighted by Crippen LogP contribution is 2.23. The van der Waals surface area contributed by atoms with Gasteiger partial charge in [-0.05, 0) is 43.5 Å². The van der Waals surface area contributed by atoms with Crippen molar-refractivity contribution in [1.82, 2.24) is 14.9 Å². The van der Waals surface area contributed by atoms with Gasteiger partial charge >= 0.3 is 0 Å². The number of allylic oxidation sites excluding steroid dienone is 1. The highest BCUT2D eigenvalue weighted by molar-refractivity contribution is 7.98. The summed E-state index contributed by atoms with van der Waals surface area (Å²) < 4.78 is 7.20. The third kappa shape index (κ3) is 5.11. The Morgan fingerprint density at radius 3 is 2.84 bits per heavy atom. The number of amides is 1. The molecule has 0 bridgehead atoms. The first-order valence-corrected chi connectivity index (χ1v) is 11.8. The Kier molecular flexibility index (Phi) is 7.07. The lowest BCUT2D eigenvalue weighted by Crippen LogP contribution is -2.31. The minimum Gasteiger partial charge on any atom is -0.376 e. The molecule has 1 aliphatic heterocycles. The van der Waals surface area contributed by atoms with Crippen molar-refractivity contribution in [2.75, 3.05) is 13.2 Å². The molecule has 1 N–H and O–H groups in total. The molecule has 2 heterocycles. The van der Waals surface area contributed by atoms with Gasteiger partial charge in [0.15, 0.2) is 5.16 Å². The number of carbonyl (C=O) groups is 1. The van der Waals surface area contributed by atoms with Gasteiger partial charge in [0.25, 0.3) is 11.5 Å². The third-order valence-corrected chi connectivity index (χ3v) is 6.54. The number of fused-ring (bicyclic) bond motifs is 1. The molecule has 1 aromatic heterocycles. The van der Waals surface area contributed by atoms with Crippen molar-refractivity contribution in [3.8, 4) is 0 Å². The summed E-state index contributed by atoms with van der Waals surface area (Å²) in [6.07, 6.45) is 3.76. The number of ether oxygens (including phenoxy) is 1. The zero-order chi connectivity index (χ0) is 22.5. The highest BCUT2D eigenvalue weighted by Gasteiger charge is 2.18. The molecule has 1 aliphatic rings. The quantitative estimate of drug-likeness (QED) is 0.319. The summed E-state index contributed by atoms with van der Waals surface area (Å²) in [5.74, 6) is 0.505. The fraction of sp³-hybridized carbons (Fsp3) is 0.320. The van der Waals surface area contributed by atoms with Crippen molar-refractivity contribution in [2.24, 2.45) is 0 Å². The number of aromatic nitrogens is 2. The molecule has 166 valence electrons. The molecule has 1 atom stereocenters. The zero-order valence-electron chi connectivity index (χ0n) is 18.2. The van der Waals surface area contributed by atoms with Gasteiger partial charge in [-0.15, -0.1) is 6.58 Å². The first kappa shape index (κ1) is 22.3. The molecule has 0 unspecified atom stereocenters. The Hall–Kier alpha value is -2.90. The average molecular weight is 450 g/mol. The van der Waals surface area contributed by atoms with Gasteiger partial charge in [-0.25, -0.2) is 4.98 Å². The SMILES string of the molecule is C=CCn1c(SCc2ccc(C)cc2)nc2cc(C(=O)NC[C@H]3CCCO3)ccc2c1=O. The Morgan fingerprint density at radius 1 is 1.31 bits per heavy atom. The fourth-order valence-corrected chi connectivity index (χ4v) is 4.65. The van der Waals surface area contributed by atoms with Crippen LogP contribution in [0.1, 0.15) is 34.3 Å². The van der Waals surface area contributed by atoms with E-state index in [4.69, 9.17) is 9.72 Å². The van der Waals surface area contributed by atoms with Crippen LogP contribution in [0.15, 0.2) is 65.1 Å². The predicted octanol–water partition coefficient (Wildman–Crippen LogP) is 4.09. The van der Waals surface area contributed by atoms with E-state index in [-0.39, 0.29) is 17.6 Å². The first-order valence-electron chi connectivity index (χ1n) is 10.8. The van der Waals surface area contributed by atoms with E-state index in [1.165, 1.54) is 17.3 Å². The van der Waals surface area contributed by atoms with Crippen molar-refractivity contribution >= 4 is 28.6 Å². The summed E-state index contributed by atoms with van der Waals surface area (Å²) in [7, 11) is 0. The van der Waals surface area contributed by atoms with Crippen molar-refractivity contribution < 1.29 is 9.53 Å². The summed E-state index contributed by atoms with van der Waals surface area (Å²) in [6, 6.07) is 13.3. The average Bonchev–Trinajstić information content (AvgIpc) is 3.32. The highest BCUT2D eigenvalue weighted by atomic mass is 32.2. The molecule has 0 spiro atoms. The smallest absolute Gasteiger partial charge is 0.262 e. The first-order chi connectivity index (χ1) is 15.5. The summed E-state index contributed by atoms with van der Waals surface area (Å²) in [4.78, 5) is 30.5. The number of thioether (sulfide) groups is 1. The van der Waals surface area contributed by atoms with Gasteiger partial charge in [-0.3, -0.25) is 14.2 Å². The van der Waals surface area contributed by atoms with Crippen molar-refractivity contribution in [2.45, 2.75) is 43.3 Å². The van der Waals surface area contributed by atoms with E-state index >= 15 is 0 Å². The summed E-state index contributed by atoms with van der Waals surface area (Å²) in [5.41, 5.74) is 3.23. The van der Waals surface area contributed by atoms with Gasteiger partial charge in [-0.1, -0.05) is 47.7 Å².